The van der Waals surface area contributed by atoms with Crippen LogP contribution in [0.5, 0.6) is 0 Å². The van der Waals surface area contributed by atoms with Gasteiger partial charge in [-0.05, 0) is 22.0 Å². The van der Waals surface area contributed by atoms with E-state index in [9.17, 15) is 14.9 Å². The van der Waals surface area contributed by atoms with Gasteiger partial charge in [0.15, 0.2) is 0 Å². The van der Waals surface area contributed by atoms with Crippen LogP contribution >= 0.6 is 27.3 Å². The van der Waals surface area contributed by atoms with Crippen LogP contribution in [0, 0.1) is 10.1 Å². The number of carbonyl (C=O) groups excluding carboxylic acids is 1. The van der Waals surface area contributed by atoms with Crippen molar-refractivity contribution in [1.29, 1.82) is 0 Å². The summed E-state index contributed by atoms with van der Waals surface area (Å²) >= 11 is 3.70. The van der Waals surface area contributed by atoms with Gasteiger partial charge in [-0.15, -0.1) is 0 Å². The van der Waals surface area contributed by atoms with Gasteiger partial charge in [0.25, 0.3) is 5.91 Å². The number of amides is 1. The Kier molecular flexibility index (Phi) is 2.43. The predicted octanol–water partition coefficient (Wildman–Crippen LogP) is 1.52. The van der Waals surface area contributed by atoms with Crippen molar-refractivity contribution in [3.05, 3.63) is 25.5 Å². The highest BCUT2D eigenvalue weighted by molar-refractivity contribution is 9.10. The minimum absolute atomic E-state index is 0.108. The summed E-state index contributed by atoms with van der Waals surface area (Å²) in [5.41, 5.74) is 4.92. The first kappa shape index (κ1) is 9.14. The summed E-state index contributed by atoms with van der Waals surface area (Å²) in [6, 6.07) is 1.34. The Bertz CT molecular complexity index is 348. The van der Waals surface area contributed by atoms with Gasteiger partial charge in [0.1, 0.15) is 4.47 Å². The van der Waals surface area contributed by atoms with Crippen LogP contribution in [0.2, 0.25) is 0 Å². The van der Waals surface area contributed by atoms with Gasteiger partial charge < -0.3 is 5.73 Å². The molecular weight excluding hydrogens is 248 g/mol. The van der Waals surface area contributed by atoms with E-state index in [-0.39, 0.29) is 14.4 Å². The molecule has 0 aliphatic heterocycles. The molecular formula is C5H3BrN2O3S. The first-order valence-electron chi connectivity index (χ1n) is 2.76. The molecule has 0 aliphatic carbocycles. The summed E-state index contributed by atoms with van der Waals surface area (Å²) in [5.74, 6) is -0.659. The maximum Gasteiger partial charge on any atom is 0.338 e. The number of nitro groups is 1. The molecule has 0 fully saturated rings. The Balaban J connectivity index is 3.17. The van der Waals surface area contributed by atoms with Crippen molar-refractivity contribution in [1.82, 2.24) is 0 Å². The monoisotopic (exact) mass is 250 g/mol. The summed E-state index contributed by atoms with van der Waals surface area (Å²) in [7, 11) is 0. The number of nitrogens with zero attached hydrogens (tertiary/aromatic N) is 1. The van der Waals surface area contributed by atoms with Crippen LogP contribution in [0.25, 0.3) is 0 Å². The fourth-order valence-corrected chi connectivity index (χ4v) is 2.09. The summed E-state index contributed by atoms with van der Waals surface area (Å²) in [6.45, 7) is 0. The first-order chi connectivity index (χ1) is 5.52. The molecule has 64 valence electrons. The molecule has 1 aromatic rings. The average Bonchev–Trinajstić information content (AvgIpc) is 2.30. The van der Waals surface area contributed by atoms with E-state index in [0.29, 0.717) is 0 Å². The van der Waals surface area contributed by atoms with E-state index in [1.807, 2.05) is 0 Å². The van der Waals surface area contributed by atoms with E-state index in [1.165, 1.54) is 6.07 Å². The van der Waals surface area contributed by atoms with E-state index >= 15 is 0 Å². The molecule has 0 aromatic carbocycles. The molecule has 1 heterocycles. The SMILES string of the molecule is NC(=O)c1cc(Br)c([N+](=O)[O-])s1. The highest BCUT2D eigenvalue weighted by atomic mass is 79.9. The highest BCUT2D eigenvalue weighted by Gasteiger charge is 2.18. The van der Waals surface area contributed by atoms with Gasteiger partial charge >= 0.3 is 5.00 Å². The van der Waals surface area contributed by atoms with Gasteiger partial charge in [-0.2, -0.15) is 0 Å². The van der Waals surface area contributed by atoms with Gasteiger partial charge in [-0.3, -0.25) is 14.9 Å². The van der Waals surface area contributed by atoms with Crippen molar-refractivity contribution < 1.29 is 9.72 Å². The molecule has 0 spiro atoms. The Morgan fingerprint density at radius 2 is 2.33 bits per heavy atom. The molecule has 0 bridgehead atoms. The van der Waals surface area contributed by atoms with Crippen LogP contribution in [-0.4, -0.2) is 10.8 Å². The van der Waals surface area contributed by atoms with Gasteiger partial charge in [0.05, 0.1) is 9.80 Å². The molecule has 12 heavy (non-hydrogen) atoms. The quantitative estimate of drug-likeness (QED) is 0.638. The van der Waals surface area contributed by atoms with Gasteiger partial charge in [-0.25, -0.2) is 0 Å². The Morgan fingerprint density at radius 1 is 1.75 bits per heavy atom. The number of thiophene rings is 1. The van der Waals surface area contributed by atoms with Crippen molar-refractivity contribution in [2.24, 2.45) is 5.73 Å². The van der Waals surface area contributed by atoms with Gasteiger partial charge in [0.2, 0.25) is 0 Å². The smallest absolute Gasteiger partial charge is 0.338 e. The Morgan fingerprint density at radius 3 is 2.58 bits per heavy atom. The standard InChI is InChI=1S/C5H3BrN2O3S/c6-2-1-3(4(7)9)12-5(2)8(10)11/h1H,(H2,7,9). The van der Waals surface area contributed by atoms with Crippen molar-refractivity contribution in [3.63, 3.8) is 0 Å². The number of hydrogen-bond donors (Lipinski definition) is 1. The number of hydrogen-bond acceptors (Lipinski definition) is 4. The van der Waals surface area contributed by atoms with Crippen LogP contribution in [0.1, 0.15) is 9.67 Å². The maximum absolute atomic E-state index is 10.6. The molecule has 0 atom stereocenters. The van der Waals surface area contributed by atoms with Crippen molar-refractivity contribution in [2.45, 2.75) is 0 Å². The third kappa shape index (κ3) is 1.62. The van der Waals surface area contributed by atoms with Crippen molar-refractivity contribution in [2.75, 3.05) is 0 Å². The lowest BCUT2D eigenvalue weighted by Crippen LogP contribution is -2.08. The summed E-state index contributed by atoms with van der Waals surface area (Å²) < 4.78 is 0.284. The molecule has 0 saturated heterocycles. The molecule has 7 heteroatoms. The molecule has 2 N–H and O–H groups in total. The van der Waals surface area contributed by atoms with Crippen LogP contribution in [0.15, 0.2) is 10.5 Å². The molecule has 0 unspecified atom stereocenters. The Hall–Kier alpha value is -0.950. The summed E-state index contributed by atoms with van der Waals surface area (Å²) in [5, 5.41) is 10.2. The zero-order chi connectivity index (χ0) is 9.30. The summed E-state index contributed by atoms with van der Waals surface area (Å²) in [4.78, 5) is 20.5. The normalized spacial score (nSPS) is 9.75. The highest BCUT2D eigenvalue weighted by Crippen LogP contribution is 2.33. The van der Waals surface area contributed by atoms with Crippen LogP contribution in [-0.2, 0) is 0 Å². The minimum Gasteiger partial charge on any atom is -0.365 e. The lowest BCUT2D eigenvalue weighted by atomic mass is 10.4. The molecule has 0 saturated carbocycles. The number of nitrogens with two attached hydrogens (primary N) is 1. The van der Waals surface area contributed by atoms with E-state index in [1.54, 1.807) is 0 Å². The van der Waals surface area contributed by atoms with Crippen molar-refractivity contribution >= 4 is 38.2 Å². The minimum atomic E-state index is -0.659. The molecule has 1 rings (SSSR count). The fraction of sp³-hybridized carbons (Fsp3) is 0. The zero-order valence-corrected chi connectivity index (χ0v) is 8.02. The van der Waals surface area contributed by atoms with E-state index in [0.717, 1.165) is 11.3 Å². The lowest BCUT2D eigenvalue weighted by Gasteiger charge is -1.82. The Labute approximate surface area is 79.5 Å². The van der Waals surface area contributed by atoms with Crippen molar-refractivity contribution in [3.8, 4) is 0 Å². The average molecular weight is 251 g/mol. The first-order valence-corrected chi connectivity index (χ1v) is 4.37. The second kappa shape index (κ2) is 3.20. The second-order valence-corrected chi connectivity index (χ2v) is 3.77. The largest absolute Gasteiger partial charge is 0.365 e. The number of primary amides is 1. The summed E-state index contributed by atoms with van der Waals surface area (Å²) in [6.07, 6.45) is 0. The third-order valence-corrected chi connectivity index (χ3v) is 3.05. The molecule has 1 amide bonds. The van der Waals surface area contributed by atoms with Gasteiger partial charge in [-0.1, -0.05) is 11.3 Å². The van der Waals surface area contributed by atoms with Gasteiger partial charge in [0, 0.05) is 0 Å². The van der Waals surface area contributed by atoms with Crippen LogP contribution < -0.4 is 5.73 Å². The predicted molar refractivity (Wildman–Crippen MR) is 47.2 cm³/mol. The van der Waals surface area contributed by atoms with E-state index in [2.05, 4.69) is 15.9 Å². The van der Waals surface area contributed by atoms with Crippen LogP contribution in [0.4, 0.5) is 5.00 Å². The maximum atomic E-state index is 10.6. The number of rotatable bonds is 2. The number of halogens is 1. The molecule has 0 radical (unpaired) electrons. The second-order valence-electron chi connectivity index (χ2n) is 1.89. The topological polar surface area (TPSA) is 86.2 Å². The number of carbonyl (C=O) groups is 1. The molecule has 0 aliphatic rings. The molecule has 5 nitrogen and oxygen atoms in total. The lowest BCUT2D eigenvalue weighted by molar-refractivity contribution is -0.380. The zero-order valence-electron chi connectivity index (χ0n) is 5.61. The molecule has 1 aromatic heterocycles. The van der Waals surface area contributed by atoms with E-state index in [4.69, 9.17) is 5.73 Å². The fourth-order valence-electron chi connectivity index (χ4n) is 0.605. The third-order valence-electron chi connectivity index (χ3n) is 1.08. The van der Waals surface area contributed by atoms with E-state index < -0.39 is 10.8 Å². The van der Waals surface area contributed by atoms with Crippen LogP contribution in [0.3, 0.4) is 0 Å².